The molecule has 28 heavy (non-hydrogen) atoms. The van der Waals surface area contributed by atoms with Gasteiger partial charge in [-0.3, -0.25) is 4.79 Å². The van der Waals surface area contributed by atoms with E-state index in [4.69, 9.17) is 9.26 Å². The highest BCUT2D eigenvalue weighted by atomic mass is 16.6. The first-order valence-corrected chi connectivity index (χ1v) is 9.53. The average Bonchev–Trinajstić information content (AvgIpc) is 3.46. The molecule has 8 nitrogen and oxygen atoms in total. The van der Waals surface area contributed by atoms with Crippen molar-refractivity contribution in [3.63, 3.8) is 0 Å². The summed E-state index contributed by atoms with van der Waals surface area (Å²) in [6.45, 7) is 2.07. The first kappa shape index (κ1) is 17.0. The number of esters is 1. The molecule has 3 aromatic rings. The van der Waals surface area contributed by atoms with Crippen LogP contribution in [0.15, 0.2) is 53.6 Å². The van der Waals surface area contributed by atoms with Gasteiger partial charge in [0.25, 0.3) is 11.8 Å². The van der Waals surface area contributed by atoms with Crippen molar-refractivity contribution in [2.75, 3.05) is 18.0 Å². The van der Waals surface area contributed by atoms with Gasteiger partial charge in [0.15, 0.2) is 0 Å². The summed E-state index contributed by atoms with van der Waals surface area (Å²) in [7, 11) is 0. The van der Waals surface area contributed by atoms with Crippen molar-refractivity contribution in [1.29, 1.82) is 0 Å². The largest absolute Gasteiger partial charge is 0.460 e. The van der Waals surface area contributed by atoms with Gasteiger partial charge in [-0.25, -0.2) is 4.98 Å². The lowest BCUT2D eigenvalue weighted by Crippen LogP contribution is -2.43. The second kappa shape index (κ2) is 6.78. The molecule has 2 aliphatic heterocycles. The minimum absolute atomic E-state index is 0.0737. The molecule has 0 bridgehead atoms. The van der Waals surface area contributed by atoms with Crippen LogP contribution in [0.3, 0.4) is 0 Å². The monoisotopic (exact) mass is 379 g/mol. The average molecular weight is 379 g/mol. The first-order chi connectivity index (χ1) is 13.7. The third-order valence-corrected chi connectivity index (χ3v) is 5.74. The highest BCUT2D eigenvalue weighted by Gasteiger charge is 2.50. The Morgan fingerprint density at radius 1 is 1.18 bits per heavy atom. The molecular formula is C20H21N5O3. The molecule has 0 aliphatic carbocycles. The van der Waals surface area contributed by atoms with Crippen LogP contribution in [0.1, 0.15) is 19.3 Å². The standard InChI is InChI=1S/C20H21N5O3/c26-18-20(12-16(27-18)13-24-11-8-21-14-24)6-9-25(10-7-20)19-22-17(28-23-19)15-4-2-1-3-5-15/h1-5,8,11,14,16H,6-7,9-10,12-13H2. The minimum atomic E-state index is -0.395. The quantitative estimate of drug-likeness (QED) is 0.644. The summed E-state index contributed by atoms with van der Waals surface area (Å²) in [5, 5.41) is 4.13. The Morgan fingerprint density at radius 3 is 2.75 bits per heavy atom. The Hall–Kier alpha value is -3.16. The van der Waals surface area contributed by atoms with Crippen molar-refractivity contribution < 1.29 is 14.1 Å². The second-order valence-corrected chi connectivity index (χ2v) is 7.52. The van der Waals surface area contributed by atoms with Gasteiger partial charge in [0.1, 0.15) is 6.10 Å². The number of aromatic nitrogens is 4. The summed E-state index contributed by atoms with van der Waals surface area (Å²) in [6.07, 6.45) is 7.51. The van der Waals surface area contributed by atoms with Crippen molar-refractivity contribution in [2.45, 2.75) is 31.9 Å². The summed E-state index contributed by atoms with van der Waals surface area (Å²) >= 11 is 0. The maximum atomic E-state index is 12.6. The van der Waals surface area contributed by atoms with E-state index < -0.39 is 5.41 Å². The van der Waals surface area contributed by atoms with Crippen LogP contribution in [0.4, 0.5) is 5.95 Å². The van der Waals surface area contributed by atoms with Crippen molar-refractivity contribution in [3.05, 3.63) is 49.1 Å². The highest BCUT2D eigenvalue weighted by molar-refractivity contribution is 5.79. The van der Waals surface area contributed by atoms with Crippen LogP contribution < -0.4 is 4.90 Å². The van der Waals surface area contributed by atoms with E-state index in [9.17, 15) is 4.79 Å². The van der Waals surface area contributed by atoms with E-state index in [0.29, 0.717) is 31.5 Å². The lowest BCUT2D eigenvalue weighted by Gasteiger charge is -2.35. The summed E-state index contributed by atoms with van der Waals surface area (Å²) in [5.74, 6) is 1.02. The fourth-order valence-electron chi connectivity index (χ4n) is 4.15. The summed E-state index contributed by atoms with van der Waals surface area (Å²) in [6, 6.07) is 9.71. The molecule has 0 saturated carbocycles. The molecule has 1 unspecified atom stereocenters. The van der Waals surface area contributed by atoms with Crippen molar-refractivity contribution in [1.82, 2.24) is 19.7 Å². The molecule has 1 aromatic carbocycles. The van der Waals surface area contributed by atoms with Crippen LogP contribution in [0.2, 0.25) is 0 Å². The Morgan fingerprint density at radius 2 is 2.00 bits per heavy atom. The zero-order valence-corrected chi connectivity index (χ0v) is 15.4. The number of ether oxygens (including phenoxy) is 1. The van der Waals surface area contributed by atoms with Crippen molar-refractivity contribution in [2.24, 2.45) is 5.41 Å². The van der Waals surface area contributed by atoms with E-state index >= 15 is 0 Å². The third kappa shape index (κ3) is 3.04. The van der Waals surface area contributed by atoms with Crippen molar-refractivity contribution in [3.8, 4) is 11.5 Å². The van der Waals surface area contributed by atoms with Gasteiger partial charge in [0.05, 0.1) is 18.3 Å². The molecule has 1 atom stereocenters. The predicted octanol–water partition coefficient (Wildman–Crippen LogP) is 2.54. The van der Waals surface area contributed by atoms with Gasteiger partial charge >= 0.3 is 5.97 Å². The van der Waals surface area contributed by atoms with Gasteiger partial charge in [-0.2, -0.15) is 4.98 Å². The fourth-order valence-corrected chi connectivity index (χ4v) is 4.15. The van der Waals surface area contributed by atoms with Gasteiger partial charge < -0.3 is 18.7 Å². The van der Waals surface area contributed by atoms with Gasteiger partial charge in [-0.05, 0) is 30.1 Å². The molecule has 2 fully saturated rings. The number of nitrogens with zero attached hydrogens (tertiary/aromatic N) is 5. The maximum absolute atomic E-state index is 12.6. The van der Waals surface area contributed by atoms with E-state index in [1.165, 1.54) is 0 Å². The van der Waals surface area contributed by atoms with E-state index in [1.54, 1.807) is 12.5 Å². The second-order valence-electron chi connectivity index (χ2n) is 7.52. The lowest BCUT2D eigenvalue weighted by atomic mass is 9.76. The molecule has 0 N–H and O–H groups in total. The molecule has 4 heterocycles. The van der Waals surface area contributed by atoms with Crippen LogP contribution in [0, 0.1) is 5.41 Å². The molecule has 8 heteroatoms. The van der Waals surface area contributed by atoms with Crippen LogP contribution in [0.5, 0.6) is 0 Å². The van der Waals surface area contributed by atoms with E-state index in [0.717, 1.165) is 24.8 Å². The topological polar surface area (TPSA) is 86.3 Å². The van der Waals surface area contributed by atoms with E-state index in [2.05, 4.69) is 20.0 Å². The summed E-state index contributed by atoms with van der Waals surface area (Å²) in [5.41, 5.74) is 0.504. The minimum Gasteiger partial charge on any atom is -0.460 e. The fraction of sp³-hybridized carbons (Fsp3) is 0.400. The summed E-state index contributed by atoms with van der Waals surface area (Å²) < 4.78 is 13.0. The van der Waals surface area contributed by atoms with Gasteiger partial charge in [0, 0.05) is 37.5 Å². The molecule has 0 amide bonds. The number of benzene rings is 1. The number of carbonyl (C=O) groups excluding carboxylic acids is 1. The maximum Gasteiger partial charge on any atom is 0.312 e. The lowest BCUT2D eigenvalue weighted by molar-refractivity contribution is -0.150. The SMILES string of the molecule is O=C1OC(Cn2ccnc2)CC12CCN(c1noc(-c3ccccc3)n1)CC2. The number of piperidine rings is 1. The number of hydrogen-bond acceptors (Lipinski definition) is 7. The summed E-state index contributed by atoms with van der Waals surface area (Å²) in [4.78, 5) is 23.3. The molecule has 2 saturated heterocycles. The Bertz CT molecular complexity index is 945. The molecule has 2 aliphatic rings. The number of hydrogen-bond donors (Lipinski definition) is 0. The smallest absolute Gasteiger partial charge is 0.312 e. The van der Waals surface area contributed by atoms with Gasteiger partial charge in [-0.1, -0.05) is 18.2 Å². The predicted molar refractivity (Wildman–Crippen MR) is 100 cm³/mol. The number of cyclic esters (lactones) is 1. The van der Waals surface area contributed by atoms with Crippen LogP contribution >= 0.6 is 0 Å². The molecule has 0 radical (unpaired) electrons. The molecule has 144 valence electrons. The van der Waals surface area contributed by atoms with Gasteiger partial charge in [-0.15, -0.1) is 0 Å². The Labute approximate surface area is 162 Å². The molecule has 5 rings (SSSR count). The van der Waals surface area contributed by atoms with Gasteiger partial charge in [0.2, 0.25) is 0 Å². The normalized spacial score (nSPS) is 21.2. The molecule has 1 spiro atoms. The number of anilines is 1. The number of imidazole rings is 1. The van der Waals surface area contributed by atoms with E-state index in [-0.39, 0.29) is 12.1 Å². The van der Waals surface area contributed by atoms with Crippen LogP contribution in [0.25, 0.3) is 11.5 Å². The van der Waals surface area contributed by atoms with E-state index in [1.807, 2.05) is 41.1 Å². The van der Waals surface area contributed by atoms with Crippen molar-refractivity contribution >= 4 is 11.9 Å². The third-order valence-electron chi connectivity index (χ3n) is 5.74. The zero-order valence-electron chi connectivity index (χ0n) is 15.4. The number of carbonyl (C=O) groups is 1. The molecule has 2 aromatic heterocycles. The van der Waals surface area contributed by atoms with Crippen LogP contribution in [-0.4, -0.2) is 44.9 Å². The highest BCUT2D eigenvalue weighted by Crippen LogP contribution is 2.44. The zero-order chi connectivity index (χ0) is 19.0. The molecular weight excluding hydrogens is 358 g/mol. The Kier molecular flexibility index (Phi) is 4.11. The van der Waals surface area contributed by atoms with Crippen LogP contribution in [-0.2, 0) is 16.1 Å². The first-order valence-electron chi connectivity index (χ1n) is 9.53. The number of rotatable bonds is 4. The Balaban J connectivity index is 1.24.